The van der Waals surface area contributed by atoms with Crippen LogP contribution in [0.15, 0.2) is 24.5 Å². The summed E-state index contributed by atoms with van der Waals surface area (Å²) < 4.78 is 13.4. The van der Waals surface area contributed by atoms with Gasteiger partial charge in [0, 0.05) is 29.8 Å². The van der Waals surface area contributed by atoms with E-state index in [0.717, 1.165) is 24.6 Å². The molecule has 1 N–H and O–H groups in total. The van der Waals surface area contributed by atoms with Crippen molar-refractivity contribution in [2.75, 3.05) is 11.9 Å². The molecule has 0 saturated carbocycles. The topological polar surface area (TPSA) is 50.7 Å². The highest BCUT2D eigenvalue weighted by Gasteiger charge is 2.19. The Kier molecular flexibility index (Phi) is 4.50. The summed E-state index contributed by atoms with van der Waals surface area (Å²) in [7, 11) is 0. The third-order valence-corrected chi connectivity index (χ3v) is 2.95. The minimum Gasteiger partial charge on any atom is -0.370 e. The van der Waals surface area contributed by atoms with E-state index in [-0.39, 0.29) is 11.2 Å². The van der Waals surface area contributed by atoms with Gasteiger partial charge in [-0.05, 0) is 12.5 Å². The number of anilines is 1. The molecule has 0 radical (unpaired) electrons. The first-order valence-electron chi connectivity index (χ1n) is 7.14. The van der Waals surface area contributed by atoms with E-state index in [1.807, 2.05) is 6.07 Å². The Balaban J connectivity index is 2.49. The molecule has 0 spiro atoms. The van der Waals surface area contributed by atoms with Crippen LogP contribution in [0, 0.1) is 5.82 Å². The van der Waals surface area contributed by atoms with E-state index in [0.29, 0.717) is 11.3 Å². The molecule has 0 aliphatic heterocycles. The number of rotatable bonds is 4. The average Bonchev–Trinajstić information content (AvgIpc) is 2.44. The van der Waals surface area contributed by atoms with Gasteiger partial charge in [0.2, 0.25) is 0 Å². The summed E-state index contributed by atoms with van der Waals surface area (Å²) in [6.07, 6.45) is 3.80. The summed E-state index contributed by atoms with van der Waals surface area (Å²) in [5, 5.41) is 3.27. The second-order valence-electron chi connectivity index (χ2n) is 6.03. The maximum absolute atomic E-state index is 13.4. The molecule has 2 heterocycles. The molecule has 21 heavy (non-hydrogen) atoms. The predicted octanol–water partition coefficient (Wildman–Crippen LogP) is 3.80. The molecule has 0 aliphatic rings. The van der Waals surface area contributed by atoms with Crippen LogP contribution in [0.1, 0.15) is 39.9 Å². The lowest BCUT2D eigenvalue weighted by Crippen LogP contribution is -2.18. The number of nitrogens with one attached hydrogen (secondary N) is 1. The fraction of sp³-hybridized carbons (Fsp3) is 0.438. The standard InChI is InChI=1S/C16H21FN4/c1-5-6-19-14-8-13(11-7-12(17)10-18-9-11)20-15(21-14)16(2,3)4/h7-10H,5-6H2,1-4H3,(H,19,20,21). The van der Waals surface area contributed by atoms with Crippen molar-refractivity contribution in [2.45, 2.75) is 39.5 Å². The number of hydrogen-bond acceptors (Lipinski definition) is 4. The molecule has 0 atom stereocenters. The highest BCUT2D eigenvalue weighted by molar-refractivity contribution is 5.61. The predicted molar refractivity (Wildman–Crippen MR) is 82.7 cm³/mol. The summed E-state index contributed by atoms with van der Waals surface area (Å²) in [5.41, 5.74) is 1.15. The van der Waals surface area contributed by atoms with Crippen LogP contribution in [-0.4, -0.2) is 21.5 Å². The molecule has 0 aliphatic carbocycles. The Morgan fingerprint density at radius 3 is 2.52 bits per heavy atom. The minimum absolute atomic E-state index is 0.181. The zero-order valence-corrected chi connectivity index (χ0v) is 12.9. The molecule has 112 valence electrons. The van der Waals surface area contributed by atoms with Crippen molar-refractivity contribution < 1.29 is 4.39 Å². The first-order valence-corrected chi connectivity index (χ1v) is 7.14. The normalized spacial score (nSPS) is 11.5. The van der Waals surface area contributed by atoms with E-state index in [1.54, 1.807) is 6.20 Å². The Morgan fingerprint density at radius 2 is 1.90 bits per heavy atom. The van der Waals surface area contributed by atoms with Crippen molar-refractivity contribution in [1.29, 1.82) is 0 Å². The summed E-state index contributed by atoms with van der Waals surface area (Å²) in [5.74, 6) is 1.12. The lowest BCUT2D eigenvalue weighted by molar-refractivity contribution is 0.546. The second kappa shape index (κ2) is 6.16. The molecular formula is C16H21FN4. The number of hydrogen-bond donors (Lipinski definition) is 1. The van der Waals surface area contributed by atoms with E-state index in [1.165, 1.54) is 12.3 Å². The van der Waals surface area contributed by atoms with Gasteiger partial charge in [0.25, 0.3) is 0 Å². The second-order valence-corrected chi connectivity index (χ2v) is 6.03. The summed E-state index contributed by atoms with van der Waals surface area (Å²) >= 11 is 0. The van der Waals surface area contributed by atoms with Crippen LogP contribution < -0.4 is 5.32 Å². The van der Waals surface area contributed by atoms with Crippen LogP contribution in [0.3, 0.4) is 0 Å². The van der Waals surface area contributed by atoms with Crippen molar-refractivity contribution in [3.8, 4) is 11.3 Å². The van der Waals surface area contributed by atoms with Crippen molar-refractivity contribution in [1.82, 2.24) is 15.0 Å². The molecule has 5 heteroatoms. The van der Waals surface area contributed by atoms with E-state index in [9.17, 15) is 4.39 Å². The molecule has 0 bridgehead atoms. The van der Waals surface area contributed by atoms with Crippen LogP contribution in [0.4, 0.5) is 10.2 Å². The van der Waals surface area contributed by atoms with Crippen molar-refractivity contribution in [2.24, 2.45) is 0 Å². The largest absolute Gasteiger partial charge is 0.370 e. The van der Waals surface area contributed by atoms with Crippen LogP contribution in [0.25, 0.3) is 11.3 Å². The van der Waals surface area contributed by atoms with Crippen LogP contribution in [0.2, 0.25) is 0 Å². The van der Waals surface area contributed by atoms with Crippen molar-refractivity contribution in [3.05, 3.63) is 36.2 Å². The maximum Gasteiger partial charge on any atom is 0.142 e. The first-order chi connectivity index (χ1) is 9.90. The smallest absolute Gasteiger partial charge is 0.142 e. The van der Waals surface area contributed by atoms with Gasteiger partial charge in [0.15, 0.2) is 0 Å². The minimum atomic E-state index is -0.369. The highest BCUT2D eigenvalue weighted by Crippen LogP contribution is 2.25. The summed E-state index contributed by atoms with van der Waals surface area (Å²) in [4.78, 5) is 13.0. The maximum atomic E-state index is 13.4. The molecule has 0 aromatic carbocycles. The molecule has 0 amide bonds. The quantitative estimate of drug-likeness (QED) is 0.929. The van der Waals surface area contributed by atoms with Gasteiger partial charge in [-0.3, -0.25) is 4.98 Å². The third kappa shape index (κ3) is 3.97. The Hall–Kier alpha value is -2.04. The van der Waals surface area contributed by atoms with E-state index >= 15 is 0 Å². The number of nitrogens with zero attached hydrogens (tertiary/aromatic N) is 3. The van der Waals surface area contributed by atoms with Crippen LogP contribution >= 0.6 is 0 Å². The van der Waals surface area contributed by atoms with E-state index in [4.69, 9.17) is 0 Å². The fourth-order valence-corrected chi connectivity index (χ4v) is 1.83. The van der Waals surface area contributed by atoms with E-state index < -0.39 is 0 Å². The number of halogens is 1. The number of aromatic nitrogens is 3. The van der Waals surface area contributed by atoms with Gasteiger partial charge in [-0.2, -0.15) is 0 Å². The van der Waals surface area contributed by atoms with Gasteiger partial charge in [-0.1, -0.05) is 27.7 Å². The SMILES string of the molecule is CCCNc1cc(-c2cncc(F)c2)nc(C(C)(C)C)n1. The van der Waals surface area contributed by atoms with Gasteiger partial charge >= 0.3 is 0 Å². The molecule has 2 rings (SSSR count). The zero-order valence-electron chi connectivity index (χ0n) is 12.9. The molecule has 4 nitrogen and oxygen atoms in total. The van der Waals surface area contributed by atoms with Crippen LogP contribution in [0.5, 0.6) is 0 Å². The Labute approximate surface area is 124 Å². The number of pyridine rings is 1. The lowest BCUT2D eigenvalue weighted by Gasteiger charge is -2.19. The third-order valence-electron chi connectivity index (χ3n) is 2.95. The van der Waals surface area contributed by atoms with Gasteiger partial charge < -0.3 is 5.32 Å². The average molecular weight is 288 g/mol. The van der Waals surface area contributed by atoms with E-state index in [2.05, 4.69) is 48.0 Å². The summed E-state index contributed by atoms with van der Waals surface area (Å²) in [6.45, 7) is 9.09. The van der Waals surface area contributed by atoms with Crippen molar-refractivity contribution >= 4 is 5.82 Å². The molecule has 2 aromatic rings. The van der Waals surface area contributed by atoms with Gasteiger partial charge in [0.1, 0.15) is 17.5 Å². The Bertz CT molecular complexity index is 620. The molecular weight excluding hydrogens is 267 g/mol. The fourth-order valence-electron chi connectivity index (χ4n) is 1.83. The molecule has 0 saturated heterocycles. The zero-order chi connectivity index (χ0) is 15.5. The Morgan fingerprint density at radius 1 is 1.14 bits per heavy atom. The van der Waals surface area contributed by atoms with Gasteiger partial charge in [-0.15, -0.1) is 0 Å². The molecule has 0 fully saturated rings. The van der Waals surface area contributed by atoms with Gasteiger partial charge in [-0.25, -0.2) is 14.4 Å². The monoisotopic (exact) mass is 288 g/mol. The molecule has 0 unspecified atom stereocenters. The molecule has 2 aromatic heterocycles. The summed E-state index contributed by atoms with van der Waals surface area (Å²) in [6, 6.07) is 3.27. The first kappa shape index (κ1) is 15.4. The van der Waals surface area contributed by atoms with Crippen LogP contribution in [-0.2, 0) is 5.41 Å². The van der Waals surface area contributed by atoms with Gasteiger partial charge in [0.05, 0.1) is 11.9 Å². The highest BCUT2D eigenvalue weighted by atomic mass is 19.1. The van der Waals surface area contributed by atoms with Crippen molar-refractivity contribution in [3.63, 3.8) is 0 Å². The lowest BCUT2D eigenvalue weighted by atomic mass is 9.95.